The molecule has 9 nitrogen and oxygen atoms in total. The van der Waals surface area contributed by atoms with E-state index in [0.29, 0.717) is 18.6 Å². The minimum absolute atomic E-state index is 0.00417. The van der Waals surface area contributed by atoms with E-state index in [-0.39, 0.29) is 24.3 Å². The van der Waals surface area contributed by atoms with Gasteiger partial charge in [-0.1, -0.05) is 19.1 Å². The fraction of sp³-hybridized carbons (Fsp3) is 0.381. The number of hydrogen-bond acceptors (Lipinski definition) is 5. The van der Waals surface area contributed by atoms with Crippen molar-refractivity contribution in [3.8, 4) is 5.69 Å². The molecule has 3 aromatic rings. The number of fused-ring (bicyclic) bond motifs is 1. The molecule has 0 aliphatic rings. The fourth-order valence-electron chi connectivity index (χ4n) is 3.40. The van der Waals surface area contributed by atoms with Crippen molar-refractivity contribution in [2.75, 3.05) is 19.7 Å². The molecule has 0 fully saturated rings. The molecule has 0 spiro atoms. The van der Waals surface area contributed by atoms with Crippen LogP contribution in [0.25, 0.3) is 16.7 Å². The van der Waals surface area contributed by atoms with Gasteiger partial charge in [0, 0.05) is 36.5 Å². The van der Waals surface area contributed by atoms with E-state index in [0.717, 1.165) is 41.7 Å². The molecule has 0 unspecified atom stereocenters. The van der Waals surface area contributed by atoms with Gasteiger partial charge in [-0.15, -0.1) is 0 Å². The van der Waals surface area contributed by atoms with Crippen molar-refractivity contribution in [1.29, 1.82) is 5.41 Å². The van der Waals surface area contributed by atoms with Crippen LogP contribution < -0.4 is 22.1 Å². The molecular weight excluding hydrogens is 382 g/mol. The van der Waals surface area contributed by atoms with Gasteiger partial charge in [-0.25, -0.2) is 4.79 Å². The maximum absolute atomic E-state index is 12.5. The zero-order chi connectivity index (χ0) is 21.5. The third kappa shape index (κ3) is 5.25. The lowest BCUT2D eigenvalue weighted by atomic mass is 10.0. The van der Waals surface area contributed by atoms with Crippen molar-refractivity contribution in [1.82, 2.24) is 25.2 Å². The number of rotatable bonds is 10. The molecule has 1 aromatic carbocycles. The molecule has 160 valence electrons. The molecule has 9 heteroatoms. The van der Waals surface area contributed by atoms with Crippen LogP contribution in [0.3, 0.4) is 0 Å². The second-order valence-corrected chi connectivity index (χ2v) is 7.15. The van der Waals surface area contributed by atoms with E-state index in [4.69, 9.17) is 11.1 Å². The molecule has 0 saturated heterocycles. The molecule has 0 bridgehead atoms. The van der Waals surface area contributed by atoms with E-state index in [1.807, 2.05) is 37.3 Å². The summed E-state index contributed by atoms with van der Waals surface area (Å²) in [7, 11) is 0. The number of benzene rings is 1. The number of guanidine groups is 1. The summed E-state index contributed by atoms with van der Waals surface area (Å²) in [5.74, 6) is -0.0361. The van der Waals surface area contributed by atoms with Gasteiger partial charge in [0.05, 0.1) is 5.69 Å². The monoisotopic (exact) mass is 411 g/mol. The average molecular weight is 412 g/mol. The molecule has 3 rings (SSSR count). The molecule has 7 N–H and O–H groups in total. The second-order valence-electron chi connectivity index (χ2n) is 7.15. The van der Waals surface area contributed by atoms with E-state index >= 15 is 0 Å². The van der Waals surface area contributed by atoms with Crippen LogP contribution in [-0.4, -0.2) is 45.3 Å². The molecule has 2 heterocycles. The topological polar surface area (TPSA) is 145 Å². The SMILES string of the molecule is CCc1cc2cn(-c3ccc([C@@H](CCO)NCCCNC(=N)N)cc3)c(=O)nc2[nH]1. The smallest absolute Gasteiger partial charge is 0.354 e. The van der Waals surface area contributed by atoms with E-state index in [1.165, 1.54) is 0 Å². The summed E-state index contributed by atoms with van der Waals surface area (Å²) in [5, 5.41) is 23.7. The summed E-state index contributed by atoms with van der Waals surface area (Å²) in [6.07, 6.45) is 4.04. The van der Waals surface area contributed by atoms with Crippen LogP contribution in [0.15, 0.2) is 41.3 Å². The summed E-state index contributed by atoms with van der Waals surface area (Å²) in [4.78, 5) is 19.8. The molecule has 2 aromatic heterocycles. The Balaban J connectivity index is 1.73. The Morgan fingerprint density at radius 2 is 2.10 bits per heavy atom. The first kappa shape index (κ1) is 21.5. The van der Waals surface area contributed by atoms with Crippen LogP contribution in [0, 0.1) is 5.41 Å². The highest BCUT2D eigenvalue weighted by molar-refractivity contribution is 5.75. The number of aliphatic hydroxyl groups excluding tert-OH is 1. The zero-order valence-corrected chi connectivity index (χ0v) is 17.1. The van der Waals surface area contributed by atoms with Crippen LogP contribution in [0.1, 0.15) is 37.1 Å². The largest absolute Gasteiger partial charge is 0.396 e. The number of aryl methyl sites for hydroxylation is 1. The fourth-order valence-corrected chi connectivity index (χ4v) is 3.40. The van der Waals surface area contributed by atoms with Gasteiger partial charge in [-0.3, -0.25) is 9.98 Å². The summed E-state index contributed by atoms with van der Waals surface area (Å²) in [5.41, 5.74) is 8.37. The molecule has 0 amide bonds. The van der Waals surface area contributed by atoms with Crippen molar-refractivity contribution in [2.24, 2.45) is 5.73 Å². The van der Waals surface area contributed by atoms with Crippen molar-refractivity contribution >= 4 is 17.0 Å². The highest BCUT2D eigenvalue weighted by Crippen LogP contribution is 2.19. The normalized spacial score (nSPS) is 12.2. The maximum Gasteiger partial charge on any atom is 0.354 e. The van der Waals surface area contributed by atoms with Crippen LogP contribution in [0.2, 0.25) is 0 Å². The van der Waals surface area contributed by atoms with E-state index in [1.54, 1.807) is 10.8 Å². The van der Waals surface area contributed by atoms with Crippen molar-refractivity contribution in [2.45, 2.75) is 32.2 Å². The van der Waals surface area contributed by atoms with Gasteiger partial charge in [0.15, 0.2) is 5.96 Å². The van der Waals surface area contributed by atoms with E-state index in [9.17, 15) is 9.90 Å². The molecule has 0 saturated carbocycles. The van der Waals surface area contributed by atoms with Crippen molar-refractivity contribution < 1.29 is 5.11 Å². The number of nitrogens with two attached hydrogens (primary N) is 1. The number of aromatic nitrogens is 3. The summed E-state index contributed by atoms with van der Waals surface area (Å²) >= 11 is 0. The zero-order valence-electron chi connectivity index (χ0n) is 17.1. The Hall–Kier alpha value is -3.17. The predicted molar refractivity (Wildman–Crippen MR) is 118 cm³/mol. The molecular formula is C21H29N7O2. The summed E-state index contributed by atoms with van der Waals surface area (Å²) in [6, 6.07) is 9.70. The Kier molecular flexibility index (Phi) is 7.21. The van der Waals surface area contributed by atoms with Gasteiger partial charge >= 0.3 is 5.69 Å². The first-order chi connectivity index (χ1) is 14.5. The summed E-state index contributed by atoms with van der Waals surface area (Å²) < 4.78 is 1.54. The van der Waals surface area contributed by atoms with Crippen LogP contribution in [-0.2, 0) is 6.42 Å². The van der Waals surface area contributed by atoms with Gasteiger partial charge in [0.2, 0.25) is 0 Å². The Labute approximate surface area is 174 Å². The van der Waals surface area contributed by atoms with Crippen molar-refractivity contribution in [3.05, 3.63) is 58.3 Å². The van der Waals surface area contributed by atoms with Gasteiger partial charge in [-0.05, 0) is 49.6 Å². The van der Waals surface area contributed by atoms with E-state index in [2.05, 4.69) is 20.6 Å². The second kappa shape index (κ2) is 10.0. The average Bonchev–Trinajstić information content (AvgIpc) is 3.14. The maximum atomic E-state index is 12.5. The number of H-pyrrole nitrogens is 1. The third-order valence-corrected chi connectivity index (χ3v) is 5.00. The highest BCUT2D eigenvalue weighted by atomic mass is 16.3. The quantitative estimate of drug-likeness (QED) is 0.168. The molecule has 0 aliphatic heterocycles. The Morgan fingerprint density at radius 1 is 1.33 bits per heavy atom. The summed E-state index contributed by atoms with van der Waals surface area (Å²) in [6.45, 7) is 3.45. The van der Waals surface area contributed by atoms with Gasteiger partial charge in [-0.2, -0.15) is 4.98 Å². The first-order valence-electron chi connectivity index (χ1n) is 10.2. The Bertz CT molecular complexity index is 1040. The van der Waals surface area contributed by atoms with Gasteiger partial charge in [0.1, 0.15) is 5.65 Å². The van der Waals surface area contributed by atoms with Crippen LogP contribution in [0.4, 0.5) is 0 Å². The third-order valence-electron chi connectivity index (χ3n) is 5.00. The molecule has 30 heavy (non-hydrogen) atoms. The predicted octanol–water partition coefficient (Wildman–Crippen LogP) is 1.16. The lowest BCUT2D eigenvalue weighted by molar-refractivity contribution is 0.265. The van der Waals surface area contributed by atoms with Gasteiger partial charge < -0.3 is 26.5 Å². The molecule has 0 radical (unpaired) electrons. The number of aliphatic hydroxyl groups is 1. The highest BCUT2D eigenvalue weighted by Gasteiger charge is 2.12. The van der Waals surface area contributed by atoms with E-state index < -0.39 is 0 Å². The first-order valence-corrected chi connectivity index (χ1v) is 10.2. The van der Waals surface area contributed by atoms with Gasteiger partial charge in [0.25, 0.3) is 0 Å². The Morgan fingerprint density at radius 3 is 2.77 bits per heavy atom. The number of hydrogen-bond donors (Lipinski definition) is 6. The molecule has 0 aliphatic carbocycles. The van der Waals surface area contributed by atoms with Crippen LogP contribution >= 0.6 is 0 Å². The number of nitrogens with zero attached hydrogens (tertiary/aromatic N) is 2. The van der Waals surface area contributed by atoms with Crippen LogP contribution in [0.5, 0.6) is 0 Å². The lowest BCUT2D eigenvalue weighted by Gasteiger charge is -2.19. The lowest BCUT2D eigenvalue weighted by Crippen LogP contribution is -2.33. The molecule has 1 atom stereocenters. The minimum Gasteiger partial charge on any atom is -0.396 e. The number of aromatic amines is 1. The van der Waals surface area contributed by atoms with Crippen molar-refractivity contribution in [3.63, 3.8) is 0 Å². The number of nitrogens with one attached hydrogen (secondary N) is 4. The standard InChI is InChI=1S/C21H29N7O2/c1-2-16-12-15-13-28(21(30)27-19(15)26-16)17-6-4-14(5-7-17)18(8-11-29)24-9-3-10-25-20(22)23/h4-7,12-13,18,24,29H,2-3,8-11H2,1H3,(H4,22,23,25)(H,26,27,30)/t18-/m1/s1. The minimum atomic E-state index is -0.331.